The van der Waals surface area contributed by atoms with Crippen molar-refractivity contribution in [3.8, 4) is 17.5 Å². The van der Waals surface area contributed by atoms with Crippen LogP contribution in [0.15, 0.2) is 42.5 Å². The Bertz CT molecular complexity index is 1000. The molecule has 2 aromatic carbocycles. The lowest BCUT2D eigenvalue weighted by atomic mass is 10.1. The van der Waals surface area contributed by atoms with Gasteiger partial charge in [0.15, 0.2) is 5.75 Å². The van der Waals surface area contributed by atoms with E-state index in [0.29, 0.717) is 16.5 Å². The minimum Gasteiger partial charge on any atom is -0.494 e. The first-order valence-electron chi connectivity index (χ1n) is 8.31. The zero-order valence-electron chi connectivity index (χ0n) is 15.4. The van der Waals surface area contributed by atoms with Crippen molar-refractivity contribution in [3.63, 3.8) is 0 Å². The van der Waals surface area contributed by atoms with Gasteiger partial charge in [-0.15, -0.1) is 0 Å². The summed E-state index contributed by atoms with van der Waals surface area (Å²) in [6.07, 6.45) is 0. The number of carbonyl (C=O) groups excluding carboxylic acids is 1. The summed E-state index contributed by atoms with van der Waals surface area (Å²) in [5, 5.41) is 3.30. The molecule has 0 bridgehead atoms. The Morgan fingerprint density at radius 2 is 1.57 bits per heavy atom. The molecule has 0 atom stereocenters. The van der Waals surface area contributed by atoms with Crippen LogP contribution < -0.4 is 14.8 Å². The van der Waals surface area contributed by atoms with Crippen molar-refractivity contribution in [2.75, 3.05) is 12.4 Å². The standard InChI is InChI=1S/C20H17Cl2N3O3/c1-11-10-12(2)24-20(23-11)28-14-6-4-13(5-7-14)25-19(26)17-15(21)8-9-16(22)18(17)27-3/h4-10H,1-3H3,(H,25,26). The van der Waals surface area contributed by atoms with E-state index >= 15 is 0 Å². The minimum absolute atomic E-state index is 0.167. The van der Waals surface area contributed by atoms with E-state index in [4.69, 9.17) is 32.7 Å². The smallest absolute Gasteiger partial charge is 0.322 e. The number of nitrogens with one attached hydrogen (secondary N) is 1. The van der Waals surface area contributed by atoms with Crippen molar-refractivity contribution in [1.29, 1.82) is 0 Å². The molecule has 144 valence electrons. The van der Waals surface area contributed by atoms with Crippen LogP contribution in [0.5, 0.6) is 17.5 Å². The van der Waals surface area contributed by atoms with Crippen molar-refractivity contribution in [2.24, 2.45) is 0 Å². The first kappa shape index (κ1) is 19.9. The summed E-state index contributed by atoms with van der Waals surface area (Å²) in [6, 6.07) is 12.0. The number of amides is 1. The first-order chi connectivity index (χ1) is 13.4. The Morgan fingerprint density at radius 3 is 2.18 bits per heavy atom. The van der Waals surface area contributed by atoms with E-state index in [1.165, 1.54) is 7.11 Å². The summed E-state index contributed by atoms with van der Waals surface area (Å²) in [5.74, 6) is 0.329. The van der Waals surface area contributed by atoms with Crippen LogP contribution in [0.3, 0.4) is 0 Å². The van der Waals surface area contributed by atoms with Crippen molar-refractivity contribution in [3.05, 3.63) is 69.5 Å². The third-order valence-corrected chi connectivity index (χ3v) is 4.39. The molecule has 8 heteroatoms. The Hall–Kier alpha value is -2.83. The Labute approximate surface area is 172 Å². The number of anilines is 1. The van der Waals surface area contributed by atoms with E-state index < -0.39 is 5.91 Å². The molecule has 1 aromatic heterocycles. The van der Waals surface area contributed by atoms with Crippen LogP contribution in [0, 0.1) is 13.8 Å². The molecule has 0 fully saturated rings. The van der Waals surface area contributed by atoms with E-state index in [1.54, 1.807) is 36.4 Å². The van der Waals surface area contributed by atoms with Gasteiger partial charge in [-0.1, -0.05) is 23.2 Å². The molecule has 0 aliphatic carbocycles. The number of hydrogen-bond acceptors (Lipinski definition) is 5. The van der Waals surface area contributed by atoms with Gasteiger partial charge >= 0.3 is 6.01 Å². The molecular weight excluding hydrogens is 401 g/mol. The van der Waals surface area contributed by atoms with Crippen molar-refractivity contribution in [1.82, 2.24) is 9.97 Å². The number of halogens is 2. The Balaban J connectivity index is 1.76. The third kappa shape index (κ3) is 4.52. The zero-order chi connectivity index (χ0) is 20.3. The predicted octanol–water partition coefficient (Wildman–Crippen LogP) is 5.45. The van der Waals surface area contributed by atoms with Gasteiger partial charge in [0.25, 0.3) is 5.91 Å². The Morgan fingerprint density at radius 1 is 0.964 bits per heavy atom. The van der Waals surface area contributed by atoms with Crippen LogP contribution in [-0.4, -0.2) is 23.0 Å². The molecule has 0 aliphatic rings. The molecule has 0 saturated carbocycles. The minimum atomic E-state index is -0.435. The van der Waals surface area contributed by atoms with Crippen molar-refractivity contribution in [2.45, 2.75) is 13.8 Å². The van der Waals surface area contributed by atoms with Gasteiger partial charge in [0.05, 0.1) is 17.2 Å². The van der Waals surface area contributed by atoms with Gasteiger partial charge in [-0.25, -0.2) is 9.97 Å². The number of nitrogens with zero attached hydrogens (tertiary/aromatic N) is 2. The number of benzene rings is 2. The lowest BCUT2D eigenvalue weighted by Crippen LogP contribution is -2.14. The van der Waals surface area contributed by atoms with Gasteiger partial charge < -0.3 is 14.8 Å². The van der Waals surface area contributed by atoms with E-state index in [2.05, 4.69) is 15.3 Å². The maximum atomic E-state index is 12.6. The fraction of sp³-hybridized carbons (Fsp3) is 0.150. The topological polar surface area (TPSA) is 73.3 Å². The molecule has 3 rings (SSSR count). The normalized spacial score (nSPS) is 10.5. The molecule has 1 amide bonds. The molecule has 3 aromatic rings. The fourth-order valence-corrected chi connectivity index (χ4v) is 3.06. The molecule has 0 saturated heterocycles. The highest BCUT2D eigenvalue weighted by atomic mass is 35.5. The summed E-state index contributed by atoms with van der Waals surface area (Å²) in [5.41, 5.74) is 2.36. The zero-order valence-corrected chi connectivity index (χ0v) is 16.9. The Kier molecular flexibility index (Phi) is 6.02. The van der Waals surface area contributed by atoms with Gasteiger partial charge in [0.1, 0.15) is 11.3 Å². The van der Waals surface area contributed by atoms with E-state index in [1.807, 2.05) is 19.9 Å². The quantitative estimate of drug-likeness (QED) is 0.596. The number of hydrogen-bond donors (Lipinski definition) is 1. The van der Waals surface area contributed by atoms with Crippen LogP contribution in [-0.2, 0) is 0 Å². The monoisotopic (exact) mass is 417 g/mol. The van der Waals surface area contributed by atoms with Crippen molar-refractivity contribution < 1.29 is 14.3 Å². The van der Waals surface area contributed by atoms with E-state index in [-0.39, 0.29) is 22.3 Å². The van der Waals surface area contributed by atoms with Crippen molar-refractivity contribution >= 4 is 34.8 Å². The maximum Gasteiger partial charge on any atom is 0.322 e. The van der Waals surface area contributed by atoms with Gasteiger partial charge in [-0.2, -0.15) is 0 Å². The molecule has 0 radical (unpaired) electrons. The predicted molar refractivity (Wildman–Crippen MR) is 109 cm³/mol. The first-order valence-corrected chi connectivity index (χ1v) is 9.06. The molecular formula is C20H17Cl2N3O3. The maximum absolute atomic E-state index is 12.6. The molecule has 1 heterocycles. The number of aromatic nitrogens is 2. The molecule has 0 spiro atoms. The largest absolute Gasteiger partial charge is 0.494 e. The highest BCUT2D eigenvalue weighted by molar-refractivity contribution is 6.37. The summed E-state index contributed by atoms with van der Waals surface area (Å²) >= 11 is 12.2. The highest BCUT2D eigenvalue weighted by Gasteiger charge is 2.19. The van der Waals surface area contributed by atoms with Gasteiger partial charge in [0.2, 0.25) is 0 Å². The fourth-order valence-electron chi connectivity index (χ4n) is 2.59. The number of carbonyl (C=O) groups is 1. The van der Waals surface area contributed by atoms with Gasteiger partial charge in [-0.05, 0) is 56.3 Å². The molecule has 0 unspecified atom stereocenters. The second-order valence-corrected chi connectivity index (χ2v) is 6.77. The van der Waals surface area contributed by atoms with Crippen LogP contribution in [0.1, 0.15) is 21.7 Å². The van der Waals surface area contributed by atoms with Crippen LogP contribution in [0.4, 0.5) is 5.69 Å². The molecule has 1 N–H and O–H groups in total. The SMILES string of the molecule is COc1c(Cl)ccc(Cl)c1C(=O)Nc1ccc(Oc2nc(C)cc(C)n2)cc1. The highest BCUT2D eigenvalue weighted by Crippen LogP contribution is 2.34. The lowest BCUT2D eigenvalue weighted by Gasteiger charge is -2.12. The van der Waals surface area contributed by atoms with E-state index in [9.17, 15) is 4.79 Å². The summed E-state index contributed by atoms with van der Waals surface area (Å²) in [4.78, 5) is 21.1. The second kappa shape index (κ2) is 8.46. The number of methoxy groups -OCH3 is 1. The summed E-state index contributed by atoms with van der Waals surface area (Å²) in [7, 11) is 1.43. The molecule has 6 nitrogen and oxygen atoms in total. The van der Waals surface area contributed by atoms with Gasteiger partial charge in [-0.3, -0.25) is 4.79 Å². The summed E-state index contributed by atoms with van der Waals surface area (Å²) < 4.78 is 10.9. The number of rotatable bonds is 5. The third-order valence-electron chi connectivity index (χ3n) is 3.77. The van der Waals surface area contributed by atoms with Crippen LogP contribution in [0.2, 0.25) is 10.0 Å². The number of ether oxygens (including phenoxy) is 2. The van der Waals surface area contributed by atoms with Crippen LogP contribution in [0.25, 0.3) is 0 Å². The summed E-state index contributed by atoms with van der Waals surface area (Å²) in [6.45, 7) is 3.74. The lowest BCUT2D eigenvalue weighted by molar-refractivity contribution is 0.102. The average molecular weight is 418 g/mol. The molecule has 0 aliphatic heterocycles. The average Bonchev–Trinajstić information content (AvgIpc) is 2.64. The van der Waals surface area contributed by atoms with Gasteiger partial charge in [0, 0.05) is 17.1 Å². The van der Waals surface area contributed by atoms with Crippen LogP contribution >= 0.6 is 23.2 Å². The van der Waals surface area contributed by atoms with E-state index in [0.717, 1.165) is 11.4 Å². The number of aryl methyl sites for hydroxylation is 2. The second-order valence-electron chi connectivity index (χ2n) is 5.95. The molecule has 28 heavy (non-hydrogen) atoms.